The van der Waals surface area contributed by atoms with Gasteiger partial charge in [-0.3, -0.25) is 9.69 Å². The number of halogens is 2. The molecule has 2 aliphatic heterocycles. The van der Waals surface area contributed by atoms with Crippen LogP contribution in [0.25, 0.3) is 0 Å². The molecule has 162 valence electrons. The monoisotopic (exact) mass is 408 g/mol. The zero-order valence-electron chi connectivity index (χ0n) is 17.6. The SMILES string of the molecule is CCCN1CCC(N2C[C@H](NCc3c(F)cccc3F)C[C@H]2C(=O)NCC)CC1. The first-order valence-electron chi connectivity index (χ1n) is 11.0. The van der Waals surface area contributed by atoms with Crippen molar-refractivity contribution >= 4 is 5.91 Å². The van der Waals surface area contributed by atoms with E-state index >= 15 is 0 Å². The molecule has 2 N–H and O–H groups in total. The molecular formula is C22H34F2N4O. The van der Waals surface area contributed by atoms with Gasteiger partial charge in [0, 0.05) is 37.3 Å². The Morgan fingerprint density at radius 2 is 1.86 bits per heavy atom. The maximum atomic E-state index is 13.9. The van der Waals surface area contributed by atoms with Gasteiger partial charge in [0.1, 0.15) is 11.6 Å². The quantitative estimate of drug-likeness (QED) is 0.694. The molecule has 0 aromatic heterocycles. The molecule has 0 radical (unpaired) electrons. The fraction of sp³-hybridized carbons (Fsp3) is 0.682. The Morgan fingerprint density at radius 3 is 2.48 bits per heavy atom. The van der Waals surface area contributed by atoms with Gasteiger partial charge in [-0.15, -0.1) is 0 Å². The fourth-order valence-electron chi connectivity index (χ4n) is 4.70. The summed E-state index contributed by atoms with van der Waals surface area (Å²) in [6.45, 7) is 8.86. The zero-order chi connectivity index (χ0) is 20.8. The lowest BCUT2D eigenvalue weighted by molar-refractivity contribution is -0.126. The van der Waals surface area contributed by atoms with E-state index in [1.165, 1.54) is 18.2 Å². The van der Waals surface area contributed by atoms with Crippen LogP contribution >= 0.6 is 0 Å². The van der Waals surface area contributed by atoms with Crippen LogP contribution in [0.1, 0.15) is 45.1 Å². The average molecular weight is 409 g/mol. The summed E-state index contributed by atoms with van der Waals surface area (Å²) in [7, 11) is 0. The molecule has 1 aromatic carbocycles. The second-order valence-corrected chi connectivity index (χ2v) is 8.19. The minimum atomic E-state index is -0.532. The van der Waals surface area contributed by atoms with Crippen molar-refractivity contribution in [2.45, 2.75) is 64.2 Å². The summed E-state index contributed by atoms with van der Waals surface area (Å²) < 4.78 is 27.9. The van der Waals surface area contributed by atoms with Gasteiger partial charge in [0.25, 0.3) is 0 Å². The molecule has 2 heterocycles. The van der Waals surface area contributed by atoms with Crippen LogP contribution in [0.5, 0.6) is 0 Å². The molecule has 0 aliphatic carbocycles. The molecule has 1 aromatic rings. The summed E-state index contributed by atoms with van der Waals surface area (Å²) in [5, 5.41) is 6.25. The van der Waals surface area contributed by atoms with Crippen molar-refractivity contribution in [3.63, 3.8) is 0 Å². The molecule has 0 unspecified atom stereocenters. The van der Waals surface area contributed by atoms with Crippen molar-refractivity contribution in [1.29, 1.82) is 0 Å². The number of benzene rings is 1. The van der Waals surface area contributed by atoms with Gasteiger partial charge in [-0.2, -0.15) is 0 Å². The molecule has 29 heavy (non-hydrogen) atoms. The van der Waals surface area contributed by atoms with Crippen molar-refractivity contribution in [1.82, 2.24) is 20.4 Å². The molecule has 0 spiro atoms. The Kier molecular flexibility index (Phi) is 7.98. The van der Waals surface area contributed by atoms with Crippen molar-refractivity contribution in [3.05, 3.63) is 35.4 Å². The summed E-state index contributed by atoms with van der Waals surface area (Å²) in [5.41, 5.74) is 0.0633. The van der Waals surface area contributed by atoms with Gasteiger partial charge >= 0.3 is 0 Å². The summed E-state index contributed by atoms with van der Waals surface area (Å²) in [5.74, 6) is -1.00. The highest BCUT2D eigenvalue weighted by Crippen LogP contribution is 2.27. The van der Waals surface area contributed by atoms with E-state index in [4.69, 9.17) is 0 Å². The van der Waals surface area contributed by atoms with Crippen LogP contribution in [0.4, 0.5) is 8.78 Å². The average Bonchev–Trinajstić information content (AvgIpc) is 3.13. The number of carbonyl (C=O) groups is 1. The molecule has 0 bridgehead atoms. The minimum absolute atomic E-state index is 0.0373. The Bertz CT molecular complexity index is 659. The van der Waals surface area contributed by atoms with Crippen LogP contribution in [-0.4, -0.2) is 66.6 Å². The van der Waals surface area contributed by atoms with Crippen molar-refractivity contribution < 1.29 is 13.6 Å². The van der Waals surface area contributed by atoms with E-state index in [1.54, 1.807) is 0 Å². The first-order valence-corrected chi connectivity index (χ1v) is 11.0. The molecule has 2 saturated heterocycles. The second kappa shape index (κ2) is 10.5. The fourth-order valence-corrected chi connectivity index (χ4v) is 4.70. The predicted octanol–water partition coefficient (Wildman–Crippen LogP) is 2.51. The van der Waals surface area contributed by atoms with E-state index < -0.39 is 11.6 Å². The van der Waals surface area contributed by atoms with E-state index in [0.717, 1.165) is 45.4 Å². The Hall–Kier alpha value is -1.57. The van der Waals surface area contributed by atoms with E-state index in [2.05, 4.69) is 27.4 Å². The van der Waals surface area contributed by atoms with Crippen molar-refractivity contribution in [2.75, 3.05) is 32.7 Å². The lowest BCUT2D eigenvalue weighted by Gasteiger charge is -2.38. The van der Waals surface area contributed by atoms with Crippen LogP contribution < -0.4 is 10.6 Å². The Labute approximate surface area is 172 Å². The number of piperidine rings is 1. The normalized spacial score (nSPS) is 24.1. The topological polar surface area (TPSA) is 47.6 Å². The molecular weight excluding hydrogens is 374 g/mol. The Morgan fingerprint density at radius 1 is 1.17 bits per heavy atom. The molecule has 2 fully saturated rings. The third-order valence-electron chi connectivity index (χ3n) is 6.19. The van der Waals surface area contributed by atoms with Gasteiger partial charge in [0.2, 0.25) is 5.91 Å². The van der Waals surface area contributed by atoms with Gasteiger partial charge in [0.15, 0.2) is 0 Å². The maximum absolute atomic E-state index is 13.9. The van der Waals surface area contributed by atoms with E-state index in [0.29, 0.717) is 19.0 Å². The zero-order valence-corrected chi connectivity index (χ0v) is 17.6. The number of carbonyl (C=O) groups excluding carboxylic acids is 1. The van der Waals surface area contributed by atoms with Gasteiger partial charge in [0.05, 0.1) is 6.04 Å². The van der Waals surface area contributed by atoms with E-state index in [-0.39, 0.29) is 30.1 Å². The molecule has 7 heteroatoms. The molecule has 0 saturated carbocycles. The van der Waals surface area contributed by atoms with Gasteiger partial charge < -0.3 is 15.5 Å². The highest BCUT2D eigenvalue weighted by Gasteiger charge is 2.40. The molecule has 2 atom stereocenters. The predicted molar refractivity (Wildman–Crippen MR) is 111 cm³/mol. The second-order valence-electron chi connectivity index (χ2n) is 8.19. The largest absolute Gasteiger partial charge is 0.355 e. The summed E-state index contributed by atoms with van der Waals surface area (Å²) >= 11 is 0. The number of likely N-dealkylation sites (tertiary alicyclic amines) is 2. The van der Waals surface area contributed by atoms with Crippen LogP contribution in [-0.2, 0) is 11.3 Å². The Balaban J connectivity index is 1.63. The number of amides is 1. The van der Waals surface area contributed by atoms with Crippen LogP contribution in [0, 0.1) is 11.6 Å². The maximum Gasteiger partial charge on any atom is 0.237 e. The van der Waals surface area contributed by atoms with Crippen molar-refractivity contribution in [3.8, 4) is 0 Å². The summed E-state index contributed by atoms with van der Waals surface area (Å²) in [6.07, 6.45) is 3.95. The lowest BCUT2D eigenvalue weighted by Crippen LogP contribution is -2.51. The number of likely N-dealkylation sites (N-methyl/N-ethyl adjacent to an activating group) is 1. The summed E-state index contributed by atoms with van der Waals surface area (Å²) in [4.78, 5) is 17.5. The standard InChI is InChI=1S/C22H34F2N4O/c1-3-10-27-11-8-17(9-12-27)28-15-16(13-21(28)22(29)25-4-2)26-14-18-19(23)6-5-7-20(18)24/h5-7,16-17,21,26H,3-4,8-15H2,1-2H3,(H,25,29)/t16-,21+/m1/s1. The number of nitrogens with zero attached hydrogens (tertiary/aromatic N) is 2. The van der Waals surface area contributed by atoms with Gasteiger partial charge in [-0.25, -0.2) is 8.78 Å². The first kappa shape index (κ1) is 22.1. The first-order chi connectivity index (χ1) is 14.0. The molecule has 5 nitrogen and oxygen atoms in total. The molecule has 3 rings (SSSR count). The summed E-state index contributed by atoms with van der Waals surface area (Å²) in [6, 6.07) is 4.18. The smallest absolute Gasteiger partial charge is 0.237 e. The lowest BCUT2D eigenvalue weighted by atomic mass is 10.0. The van der Waals surface area contributed by atoms with Crippen LogP contribution in [0.2, 0.25) is 0 Å². The highest BCUT2D eigenvalue weighted by atomic mass is 19.1. The van der Waals surface area contributed by atoms with Crippen LogP contribution in [0.15, 0.2) is 18.2 Å². The third kappa shape index (κ3) is 5.53. The molecule has 2 aliphatic rings. The van der Waals surface area contributed by atoms with Crippen LogP contribution in [0.3, 0.4) is 0 Å². The number of rotatable bonds is 8. The third-order valence-corrected chi connectivity index (χ3v) is 6.19. The molecule has 1 amide bonds. The highest BCUT2D eigenvalue weighted by molar-refractivity contribution is 5.82. The number of nitrogens with one attached hydrogen (secondary N) is 2. The van der Waals surface area contributed by atoms with Gasteiger partial charge in [-0.1, -0.05) is 13.0 Å². The number of hydrogen-bond donors (Lipinski definition) is 2. The minimum Gasteiger partial charge on any atom is -0.355 e. The van der Waals surface area contributed by atoms with Crippen molar-refractivity contribution in [2.24, 2.45) is 0 Å². The van der Waals surface area contributed by atoms with E-state index in [1.807, 2.05) is 6.92 Å². The van der Waals surface area contributed by atoms with E-state index in [9.17, 15) is 13.6 Å². The number of hydrogen-bond acceptors (Lipinski definition) is 4. The van der Waals surface area contributed by atoms with Gasteiger partial charge in [-0.05, 0) is 64.4 Å².